The lowest BCUT2D eigenvalue weighted by molar-refractivity contribution is -0.136. The minimum atomic E-state index is -1.25. The molecule has 2 aromatic carbocycles. The zero-order valence-electron chi connectivity index (χ0n) is 20.6. The average Bonchev–Trinajstić information content (AvgIpc) is 3.21. The molecule has 0 spiro atoms. The van der Waals surface area contributed by atoms with Crippen LogP contribution in [0.5, 0.6) is 5.75 Å². The molecular weight excluding hydrogens is 480 g/mol. The fourth-order valence-electron chi connectivity index (χ4n) is 4.92. The van der Waals surface area contributed by atoms with E-state index in [-0.39, 0.29) is 24.7 Å². The number of nitrogens with two attached hydrogens (primary N) is 1. The molecule has 0 radical (unpaired) electrons. The minimum Gasteiger partial charge on any atom is -0.495 e. The first-order valence-electron chi connectivity index (χ1n) is 12.0. The number of primary amides is 1. The lowest BCUT2D eigenvalue weighted by Crippen LogP contribution is -2.64. The summed E-state index contributed by atoms with van der Waals surface area (Å²) in [6.45, 7) is 3.62. The predicted octanol–water partition coefficient (Wildman–Crippen LogP) is 3.04. The van der Waals surface area contributed by atoms with Crippen LogP contribution >= 0.6 is 11.6 Å². The van der Waals surface area contributed by atoms with Gasteiger partial charge in [0.25, 0.3) is 0 Å². The summed E-state index contributed by atoms with van der Waals surface area (Å²) in [6, 6.07) is 11.9. The maximum Gasteiger partial charge on any atom is 0.246 e. The van der Waals surface area contributed by atoms with Crippen LogP contribution in [0.15, 0.2) is 42.5 Å². The van der Waals surface area contributed by atoms with Crippen molar-refractivity contribution in [2.75, 3.05) is 7.11 Å². The summed E-state index contributed by atoms with van der Waals surface area (Å²) in [4.78, 5) is 42.5. The van der Waals surface area contributed by atoms with Gasteiger partial charge in [-0.2, -0.15) is 0 Å². The molecule has 4 rings (SSSR count). The smallest absolute Gasteiger partial charge is 0.246 e. The van der Waals surface area contributed by atoms with Gasteiger partial charge < -0.3 is 26.1 Å². The van der Waals surface area contributed by atoms with E-state index in [1.165, 1.54) is 0 Å². The summed E-state index contributed by atoms with van der Waals surface area (Å²) in [5.41, 5.74) is 7.89. The van der Waals surface area contributed by atoms with Crippen LogP contribution in [0.3, 0.4) is 0 Å². The standard InChI is InChI=1S/C27H31ClN4O4/c1-15(2)23(25(29)34)31-26(35)27(32-22(33)13-16-7-9-17(28)10-8-16)12-11-20-19(14-27)18-5-4-6-21(36-3)24(18)30-20/h4-10,15,23,30H,11-14H2,1-3H3,(H2,29,34)(H,31,35)(H,32,33)/t23-,27-/m0/s1. The van der Waals surface area contributed by atoms with E-state index in [0.29, 0.717) is 23.6 Å². The van der Waals surface area contributed by atoms with Crippen LogP contribution in [-0.4, -0.2) is 41.4 Å². The first kappa shape index (κ1) is 25.6. The number of amides is 3. The van der Waals surface area contributed by atoms with Crippen molar-refractivity contribution in [3.05, 3.63) is 64.3 Å². The maximum atomic E-state index is 13.8. The molecule has 1 aliphatic carbocycles. The molecular formula is C27H31ClN4O4. The van der Waals surface area contributed by atoms with Gasteiger partial charge in [-0.25, -0.2) is 0 Å². The van der Waals surface area contributed by atoms with Gasteiger partial charge in [0.2, 0.25) is 17.7 Å². The molecule has 0 saturated heterocycles. The molecule has 5 N–H and O–H groups in total. The van der Waals surface area contributed by atoms with Crippen molar-refractivity contribution in [1.82, 2.24) is 15.6 Å². The van der Waals surface area contributed by atoms with E-state index < -0.39 is 23.4 Å². The molecule has 36 heavy (non-hydrogen) atoms. The van der Waals surface area contributed by atoms with E-state index in [1.807, 2.05) is 32.0 Å². The van der Waals surface area contributed by atoms with E-state index in [0.717, 1.165) is 27.7 Å². The molecule has 3 aromatic rings. The number of carbonyl (C=O) groups excluding carboxylic acids is 3. The number of halogens is 1. The number of nitrogens with one attached hydrogen (secondary N) is 3. The Kier molecular flexibility index (Phi) is 7.26. The molecule has 190 valence electrons. The summed E-state index contributed by atoms with van der Waals surface area (Å²) in [5, 5.41) is 7.35. The molecule has 8 nitrogen and oxygen atoms in total. The van der Waals surface area contributed by atoms with Gasteiger partial charge in [0, 0.05) is 22.5 Å². The van der Waals surface area contributed by atoms with Crippen molar-refractivity contribution >= 4 is 40.2 Å². The number of ether oxygens (including phenoxy) is 1. The van der Waals surface area contributed by atoms with E-state index in [2.05, 4.69) is 15.6 Å². The third-order valence-corrected chi connectivity index (χ3v) is 7.09. The van der Waals surface area contributed by atoms with Crippen molar-refractivity contribution in [3.8, 4) is 5.75 Å². The number of carbonyl (C=O) groups is 3. The first-order chi connectivity index (χ1) is 17.1. The van der Waals surface area contributed by atoms with Gasteiger partial charge in [0.15, 0.2) is 0 Å². The van der Waals surface area contributed by atoms with Gasteiger partial charge in [0.1, 0.15) is 17.3 Å². The van der Waals surface area contributed by atoms with E-state index >= 15 is 0 Å². The predicted molar refractivity (Wildman–Crippen MR) is 139 cm³/mol. The summed E-state index contributed by atoms with van der Waals surface area (Å²) in [7, 11) is 1.61. The van der Waals surface area contributed by atoms with Crippen LogP contribution in [0.4, 0.5) is 0 Å². The van der Waals surface area contributed by atoms with Gasteiger partial charge in [-0.15, -0.1) is 0 Å². The van der Waals surface area contributed by atoms with Gasteiger partial charge >= 0.3 is 0 Å². The van der Waals surface area contributed by atoms with Gasteiger partial charge in [0.05, 0.1) is 19.0 Å². The molecule has 1 aromatic heterocycles. The van der Waals surface area contributed by atoms with Crippen LogP contribution in [0.2, 0.25) is 5.02 Å². The Morgan fingerprint density at radius 1 is 1.17 bits per heavy atom. The number of aryl methyl sites for hydroxylation is 1. The largest absolute Gasteiger partial charge is 0.495 e. The van der Waals surface area contributed by atoms with Gasteiger partial charge in [-0.1, -0.05) is 49.7 Å². The molecule has 0 unspecified atom stereocenters. The Balaban J connectivity index is 1.69. The number of para-hydroxylation sites is 1. The Morgan fingerprint density at radius 3 is 2.53 bits per heavy atom. The number of benzene rings is 2. The van der Waals surface area contributed by atoms with Crippen molar-refractivity contribution in [1.29, 1.82) is 0 Å². The first-order valence-corrected chi connectivity index (χ1v) is 12.3. The van der Waals surface area contributed by atoms with Crippen LogP contribution in [0.1, 0.15) is 37.1 Å². The highest BCUT2D eigenvalue weighted by Gasteiger charge is 2.45. The topological polar surface area (TPSA) is 126 Å². The van der Waals surface area contributed by atoms with E-state index in [4.69, 9.17) is 22.1 Å². The Bertz CT molecular complexity index is 1300. The second-order valence-corrected chi connectivity index (χ2v) is 10.1. The molecule has 1 heterocycles. The molecule has 3 amide bonds. The minimum absolute atomic E-state index is 0.0875. The number of aromatic amines is 1. The van der Waals surface area contributed by atoms with Gasteiger partial charge in [-0.3, -0.25) is 14.4 Å². The van der Waals surface area contributed by atoms with Crippen LogP contribution in [0, 0.1) is 5.92 Å². The fourth-order valence-corrected chi connectivity index (χ4v) is 5.04. The molecule has 9 heteroatoms. The zero-order chi connectivity index (χ0) is 26.0. The average molecular weight is 511 g/mol. The third-order valence-electron chi connectivity index (χ3n) is 6.84. The van der Waals surface area contributed by atoms with Crippen molar-refractivity contribution in [2.45, 2.75) is 51.1 Å². The number of aromatic nitrogens is 1. The molecule has 0 bridgehead atoms. The normalized spacial score (nSPS) is 17.9. The number of hydrogen-bond donors (Lipinski definition) is 4. The summed E-state index contributed by atoms with van der Waals surface area (Å²) >= 11 is 5.97. The number of hydrogen-bond acceptors (Lipinski definition) is 4. The van der Waals surface area contributed by atoms with E-state index in [1.54, 1.807) is 31.4 Å². The second-order valence-electron chi connectivity index (χ2n) is 9.67. The Labute approximate surface area is 214 Å². The Morgan fingerprint density at radius 2 is 1.89 bits per heavy atom. The lowest BCUT2D eigenvalue weighted by Gasteiger charge is -2.38. The fraction of sp³-hybridized carbons (Fsp3) is 0.370. The van der Waals surface area contributed by atoms with Crippen molar-refractivity contribution in [2.24, 2.45) is 11.7 Å². The highest BCUT2D eigenvalue weighted by Crippen LogP contribution is 2.37. The zero-order valence-corrected chi connectivity index (χ0v) is 21.4. The molecule has 0 saturated carbocycles. The Hall–Kier alpha value is -3.52. The van der Waals surface area contributed by atoms with E-state index in [9.17, 15) is 14.4 Å². The number of fused-ring (bicyclic) bond motifs is 3. The SMILES string of the molecule is COc1cccc2c3c([nH]c12)CC[C@@](NC(=O)Cc1ccc(Cl)cc1)(C(=O)N[C@H](C(N)=O)C(C)C)C3. The lowest BCUT2D eigenvalue weighted by atomic mass is 9.78. The summed E-state index contributed by atoms with van der Waals surface area (Å²) in [6.07, 6.45) is 1.24. The van der Waals surface area contributed by atoms with Crippen LogP contribution < -0.4 is 21.1 Å². The monoisotopic (exact) mass is 510 g/mol. The van der Waals surface area contributed by atoms with Crippen molar-refractivity contribution in [3.63, 3.8) is 0 Å². The third kappa shape index (κ3) is 5.04. The molecule has 0 fully saturated rings. The quantitative estimate of drug-likeness (QED) is 0.371. The van der Waals surface area contributed by atoms with Crippen molar-refractivity contribution < 1.29 is 19.1 Å². The summed E-state index contributed by atoms with van der Waals surface area (Å²) < 4.78 is 5.51. The summed E-state index contributed by atoms with van der Waals surface area (Å²) in [5.74, 6) is -0.836. The maximum absolute atomic E-state index is 13.8. The number of methoxy groups -OCH3 is 1. The van der Waals surface area contributed by atoms with Gasteiger partial charge in [-0.05, 0) is 48.1 Å². The molecule has 1 aliphatic rings. The number of H-pyrrole nitrogens is 1. The molecule has 0 aliphatic heterocycles. The molecule has 2 atom stereocenters. The highest BCUT2D eigenvalue weighted by molar-refractivity contribution is 6.30. The number of rotatable bonds is 8. The van der Waals surface area contributed by atoms with Crippen LogP contribution in [-0.2, 0) is 33.6 Å². The highest BCUT2D eigenvalue weighted by atomic mass is 35.5. The second kappa shape index (κ2) is 10.2. The van der Waals surface area contributed by atoms with Crippen LogP contribution in [0.25, 0.3) is 10.9 Å².